The molecule has 2 heterocycles. The summed E-state index contributed by atoms with van der Waals surface area (Å²) in [5.41, 5.74) is -0.477. The monoisotopic (exact) mass is 409 g/mol. The highest BCUT2D eigenvalue weighted by Crippen LogP contribution is 2.29. The Kier molecular flexibility index (Phi) is 6.09. The van der Waals surface area contributed by atoms with E-state index in [4.69, 9.17) is 0 Å². The second-order valence-electron chi connectivity index (χ2n) is 6.87. The van der Waals surface area contributed by atoms with Crippen molar-refractivity contribution in [3.8, 4) is 5.75 Å². The molecule has 1 aliphatic rings. The van der Waals surface area contributed by atoms with Crippen molar-refractivity contribution >= 4 is 23.4 Å². The Morgan fingerprint density at radius 2 is 1.86 bits per heavy atom. The van der Waals surface area contributed by atoms with Gasteiger partial charge in [-0.15, -0.1) is 0 Å². The molecule has 29 heavy (non-hydrogen) atoms. The van der Waals surface area contributed by atoms with E-state index in [9.17, 15) is 18.0 Å². The predicted molar refractivity (Wildman–Crippen MR) is 103 cm³/mol. The van der Waals surface area contributed by atoms with Gasteiger partial charge in [0.05, 0.1) is 18.9 Å². The lowest BCUT2D eigenvalue weighted by molar-refractivity contribution is 0.102. The van der Waals surface area contributed by atoms with Crippen molar-refractivity contribution in [2.24, 2.45) is 0 Å². The van der Waals surface area contributed by atoms with Crippen LogP contribution in [0.2, 0.25) is 0 Å². The number of benzene rings is 1. The molecule has 0 aliphatic carbocycles. The summed E-state index contributed by atoms with van der Waals surface area (Å²) in [6.45, 7) is 1.69. The molecule has 7 nitrogen and oxygen atoms in total. The van der Waals surface area contributed by atoms with Crippen LogP contribution < -0.4 is 19.9 Å². The lowest BCUT2D eigenvalue weighted by Crippen LogP contribution is -2.31. The summed E-state index contributed by atoms with van der Waals surface area (Å²) < 4.78 is 46.3. The number of hydrogen-bond donors (Lipinski definition) is 1. The molecular weight excluding hydrogens is 387 g/mol. The van der Waals surface area contributed by atoms with E-state index in [1.54, 1.807) is 19.0 Å². The zero-order valence-electron chi connectivity index (χ0n) is 16.4. The van der Waals surface area contributed by atoms with Gasteiger partial charge in [0.15, 0.2) is 23.2 Å². The molecule has 10 heteroatoms. The molecule has 2 aromatic rings. The summed E-state index contributed by atoms with van der Waals surface area (Å²) in [6.07, 6.45) is 4.68. The van der Waals surface area contributed by atoms with E-state index in [1.807, 2.05) is 0 Å². The van der Waals surface area contributed by atoms with Crippen LogP contribution >= 0.6 is 0 Å². The van der Waals surface area contributed by atoms with Crippen LogP contribution in [0.1, 0.15) is 29.6 Å². The number of piperidine rings is 1. The van der Waals surface area contributed by atoms with E-state index in [1.165, 1.54) is 6.20 Å². The number of carbonyl (C=O) groups is 1. The van der Waals surface area contributed by atoms with Gasteiger partial charge in [0.1, 0.15) is 5.69 Å². The summed E-state index contributed by atoms with van der Waals surface area (Å²) in [6, 6.07) is 0.487. The van der Waals surface area contributed by atoms with Crippen molar-refractivity contribution in [2.75, 3.05) is 49.4 Å². The largest absolute Gasteiger partial charge is 0.491 e. The Labute approximate surface area is 166 Å². The first-order chi connectivity index (χ1) is 13.8. The minimum Gasteiger partial charge on any atom is -0.491 e. The van der Waals surface area contributed by atoms with Gasteiger partial charge >= 0.3 is 0 Å². The fourth-order valence-corrected chi connectivity index (χ4v) is 3.15. The molecule has 1 aromatic heterocycles. The number of aromatic nitrogens is 2. The number of halogens is 3. The number of anilines is 3. The van der Waals surface area contributed by atoms with Gasteiger partial charge in [0.2, 0.25) is 11.8 Å². The zero-order valence-corrected chi connectivity index (χ0v) is 16.4. The fraction of sp³-hybridized carbons (Fsp3) is 0.421. The summed E-state index contributed by atoms with van der Waals surface area (Å²) >= 11 is 0. The van der Waals surface area contributed by atoms with Gasteiger partial charge in [0.25, 0.3) is 5.91 Å². The Morgan fingerprint density at radius 3 is 2.48 bits per heavy atom. The Hall–Kier alpha value is -3.04. The third-order valence-electron chi connectivity index (χ3n) is 4.63. The lowest BCUT2D eigenvalue weighted by Gasteiger charge is -2.28. The van der Waals surface area contributed by atoms with E-state index in [-0.39, 0.29) is 5.69 Å². The molecular formula is C19H22F3N5O2. The highest BCUT2D eigenvalue weighted by atomic mass is 19.2. The molecule has 1 fully saturated rings. The molecule has 0 radical (unpaired) electrons. The first-order valence-electron chi connectivity index (χ1n) is 9.15. The maximum Gasteiger partial charge on any atom is 0.259 e. The molecule has 3 rings (SSSR count). The molecule has 0 unspecified atom stereocenters. The van der Waals surface area contributed by atoms with Crippen molar-refractivity contribution in [2.45, 2.75) is 19.3 Å². The zero-order chi connectivity index (χ0) is 21.1. The smallest absolute Gasteiger partial charge is 0.259 e. The van der Waals surface area contributed by atoms with Gasteiger partial charge in [-0.25, -0.2) is 13.8 Å². The second kappa shape index (κ2) is 8.54. The molecule has 0 spiro atoms. The lowest BCUT2D eigenvalue weighted by atomic mass is 10.1. The molecule has 0 atom stereocenters. The minimum absolute atomic E-state index is 0.212. The SMILES string of the molecule is COc1c(F)c(F)cc(C(=O)Nc2cnc(N3CCCCC3)nc2N(C)C)c1F. The van der Waals surface area contributed by atoms with Crippen LogP contribution in [0.5, 0.6) is 5.75 Å². The van der Waals surface area contributed by atoms with Crippen molar-refractivity contribution in [1.29, 1.82) is 0 Å². The van der Waals surface area contributed by atoms with E-state index in [0.717, 1.165) is 39.5 Å². The van der Waals surface area contributed by atoms with Crippen LogP contribution in [-0.2, 0) is 0 Å². The quantitative estimate of drug-likeness (QED) is 0.765. The summed E-state index contributed by atoms with van der Waals surface area (Å²) in [5.74, 6) is -5.17. The van der Waals surface area contributed by atoms with Gasteiger partial charge in [-0.3, -0.25) is 4.79 Å². The van der Waals surface area contributed by atoms with Crippen molar-refractivity contribution < 1.29 is 22.7 Å². The number of nitrogens with zero attached hydrogens (tertiary/aromatic N) is 4. The Balaban J connectivity index is 1.91. The van der Waals surface area contributed by atoms with Crippen LogP contribution in [0.15, 0.2) is 12.3 Å². The van der Waals surface area contributed by atoms with Crippen molar-refractivity contribution in [3.63, 3.8) is 0 Å². The predicted octanol–water partition coefficient (Wildman–Crippen LogP) is 3.21. The molecule has 156 valence electrons. The van der Waals surface area contributed by atoms with Gasteiger partial charge in [-0.05, 0) is 25.3 Å². The number of rotatable bonds is 5. The molecule has 1 N–H and O–H groups in total. The third kappa shape index (κ3) is 4.20. The van der Waals surface area contributed by atoms with Crippen LogP contribution in [-0.4, -0.2) is 50.2 Å². The topological polar surface area (TPSA) is 70.6 Å². The first kappa shape index (κ1) is 20.7. The number of hydrogen-bond acceptors (Lipinski definition) is 6. The maximum absolute atomic E-state index is 14.4. The standard InChI is InChI=1S/C19H22F3N5O2/c1-26(2)17-13(10-23-19(25-17)27-7-5-4-6-8-27)24-18(28)11-9-12(20)15(22)16(29-3)14(11)21/h9-10H,4-8H2,1-3H3,(H,24,28). The van der Waals surface area contributed by atoms with Gasteiger partial charge in [-0.2, -0.15) is 9.37 Å². The number of ether oxygens (including phenoxy) is 1. The van der Waals surface area contributed by atoms with Crippen LogP contribution in [0, 0.1) is 17.5 Å². The summed E-state index contributed by atoms with van der Waals surface area (Å²) in [7, 11) is 4.46. The average molecular weight is 409 g/mol. The van der Waals surface area contributed by atoms with Crippen LogP contribution in [0.4, 0.5) is 30.6 Å². The van der Waals surface area contributed by atoms with Gasteiger partial charge < -0.3 is 19.9 Å². The number of carbonyl (C=O) groups excluding carboxylic acids is 1. The average Bonchev–Trinajstić information content (AvgIpc) is 2.72. The van der Waals surface area contributed by atoms with E-state index >= 15 is 0 Å². The second-order valence-corrected chi connectivity index (χ2v) is 6.87. The number of nitrogens with one attached hydrogen (secondary N) is 1. The molecule has 1 aromatic carbocycles. The molecule has 1 saturated heterocycles. The van der Waals surface area contributed by atoms with E-state index in [0.29, 0.717) is 17.8 Å². The van der Waals surface area contributed by atoms with Gasteiger partial charge in [0, 0.05) is 27.2 Å². The maximum atomic E-state index is 14.4. The fourth-order valence-electron chi connectivity index (χ4n) is 3.15. The highest BCUT2D eigenvalue weighted by molar-refractivity contribution is 6.06. The normalized spacial score (nSPS) is 13.9. The molecule has 1 aliphatic heterocycles. The van der Waals surface area contributed by atoms with Crippen molar-refractivity contribution in [1.82, 2.24) is 9.97 Å². The molecule has 0 saturated carbocycles. The Morgan fingerprint density at radius 1 is 1.17 bits per heavy atom. The van der Waals surface area contributed by atoms with E-state index in [2.05, 4.69) is 24.9 Å². The van der Waals surface area contributed by atoms with E-state index < -0.39 is 34.7 Å². The summed E-state index contributed by atoms with van der Waals surface area (Å²) in [5, 5.41) is 2.47. The Bertz CT molecular complexity index is 917. The first-order valence-corrected chi connectivity index (χ1v) is 9.15. The summed E-state index contributed by atoms with van der Waals surface area (Å²) in [4.78, 5) is 25.1. The van der Waals surface area contributed by atoms with Crippen LogP contribution in [0.3, 0.4) is 0 Å². The highest BCUT2D eigenvalue weighted by Gasteiger charge is 2.25. The van der Waals surface area contributed by atoms with Crippen molar-refractivity contribution in [3.05, 3.63) is 35.3 Å². The molecule has 0 bridgehead atoms. The minimum atomic E-state index is -1.50. The number of amides is 1. The number of methoxy groups -OCH3 is 1. The van der Waals surface area contributed by atoms with Crippen LogP contribution in [0.25, 0.3) is 0 Å². The van der Waals surface area contributed by atoms with Gasteiger partial charge in [-0.1, -0.05) is 0 Å². The third-order valence-corrected chi connectivity index (χ3v) is 4.63. The molecule has 1 amide bonds.